The number of rotatable bonds is 4. The van der Waals surface area contributed by atoms with Crippen molar-refractivity contribution in [3.05, 3.63) is 0 Å². The number of alkyl halides is 2. The zero-order valence-corrected chi connectivity index (χ0v) is 9.80. The fraction of sp³-hybridized carbons (Fsp3) is 1.00. The summed E-state index contributed by atoms with van der Waals surface area (Å²) in [4.78, 5) is 0. The molecule has 0 aromatic rings. The van der Waals surface area contributed by atoms with E-state index in [1.807, 2.05) is 13.8 Å². The van der Waals surface area contributed by atoms with Crippen LogP contribution in [0.25, 0.3) is 0 Å². The summed E-state index contributed by atoms with van der Waals surface area (Å²) in [6.07, 6.45) is 0. The van der Waals surface area contributed by atoms with Gasteiger partial charge in [0.15, 0.2) is 5.79 Å². The van der Waals surface area contributed by atoms with Gasteiger partial charge in [-0.05, 0) is 13.8 Å². The van der Waals surface area contributed by atoms with E-state index in [9.17, 15) is 0 Å². The smallest absolute Gasteiger partial charge is 0.164 e. The Morgan fingerprint density at radius 3 is 1.67 bits per heavy atom. The van der Waals surface area contributed by atoms with E-state index in [4.69, 9.17) is 9.47 Å². The molecule has 0 saturated carbocycles. The predicted molar refractivity (Wildman–Crippen MR) is 54.0 cm³/mol. The molecule has 0 fully saturated rings. The lowest BCUT2D eigenvalue weighted by molar-refractivity contribution is -0.183. The molecular formula is C5H10I2O2. The van der Waals surface area contributed by atoms with Crippen LogP contribution in [0.2, 0.25) is 0 Å². The topological polar surface area (TPSA) is 18.5 Å². The van der Waals surface area contributed by atoms with Gasteiger partial charge in [-0.15, -0.1) is 0 Å². The fourth-order valence-electron chi connectivity index (χ4n) is 0.304. The Hall–Kier alpha value is 1.38. The van der Waals surface area contributed by atoms with E-state index in [1.54, 1.807) is 0 Å². The molecule has 0 aliphatic heterocycles. The highest BCUT2D eigenvalue weighted by Crippen LogP contribution is 2.12. The quantitative estimate of drug-likeness (QED) is 0.438. The molecule has 0 saturated heterocycles. The van der Waals surface area contributed by atoms with E-state index >= 15 is 0 Å². The van der Waals surface area contributed by atoms with Crippen LogP contribution < -0.4 is 0 Å². The summed E-state index contributed by atoms with van der Waals surface area (Å²) in [5, 5.41) is 0. The maximum atomic E-state index is 5.23. The highest BCUT2D eigenvalue weighted by molar-refractivity contribution is 14.1. The Kier molecular flexibility index (Phi) is 5.87. The molecule has 56 valence electrons. The van der Waals surface area contributed by atoms with Crippen molar-refractivity contribution in [2.24, 2.45) is 0 Å². The molecule has 2 nitrogen and oxygen atoms in total. The number of hydrogen-bond donors (Lipinski definition) is 0. The summed E-state index contributed by atoms with van der Waals surface area (Å²) >= 11 is 4.30. The second-order valence-electron chi connectivity index (χ2n) is 1.91. The molecule has 0 aromatic heterocycles. The van der Waals surface area contributed by atoms with Gasteiger partial charge >= 0.3 is 0 Å². The Balaban J connectivity index is 3.43. The largest absolute Gasteiger partial charge is 0.340 e. The van der Waals surface area contributed by atoms with E-state index in [0.717, 1.165) is 0 Å². The van der Waals surface area contributed by atoms with Gasteiger partial charge in [0.1, 0.15) is 9.23 Å². The Labute approximate surface area is 82.9 Å². The van der Waals surface area contributed by atoms with Gasteiger partial charge in [-0.3, -0.25) is 0 Å². The van der Waals surface area contributed by atoms with Crippen molar-refractivity contribution in [3.63, 3.8) is 0 Å². The first kappa shape index (κ1) is 10.4. The zero-order chi connectivity index (χ0) is 7.33. The van der Waals surface area contributed by atoms with Crippen LogP contribution in [-0.2, 0) is 9.47 Å². The average molecular weight is 356 g/mol. The van der Waals surface area contributed by atoms with Gasteiger partial charge < -0.3 is 9.47 Å². The Morgan fingerprint density at radius 1 is 1.11 bits per heavy atom. The van der Waals surface area contributed by atoms with Crippen LogP contribution in [0, 0.1) is 0 Å². The van der Waals surface area contributed by atoms with Crippen LogP contribution in [0.4, 0.5) is 0 Å². The number of halogens is 2. The molecular weight excluding hydrogens is 346 g/mol. The lowest BCUT2D eigenvalue weighted by Crippen LogP contribution is -2.26. The molecule has 0 aliphatic carbocycles. The molecule has 0 N–H and O–H groups in total. The van der Waals surface area contributed by atoms with E-state index in [-0.39, 0.29) is 0 Å². The standard InChI is InChI=1S/C5H10I2O2/c1-5(2,8-3-6)9-4-7/h3-4H2,1-2H3. The summed E-state index contributed by atoms with van der Waals surface area (Å²) < 4.78 is 11.8. The molecule has 9 heavy (non-hydrogen) atoms. The Bertz CT molecular complexity index is 67.4. The maximum Gasteiger partial charge on any atom is 0.164 e. The summed E-state index contributed by atoms with van der Waals surface area (Å²) in [6.45, 7) is 3.81. The van der Waals surface area contributed by atoms with Crippen molar-refractivity contribution < 1.29 is 9.47 Å². The van der Waals surface area contributed by atoms with Crippen molar-refractivity contribution in [2.75, 3.05) is 9.23 Å². The predicted octanol–water partition coefficient (Wildman–Crippen LogP) is 2.54. The minimum atomic E-state index is -0.414. The van der Waals surface area contributed by atoms with Crippen LogP contribution in [0.3, 0.4) is 0 Å². The van der Waals surface area contributed by atoms with Crippen molar-refractivity contribution in [1.82, 2.24) is 0 Å². The maximum absolute atomic E-state index is 5.23. The average Bonchev–Trinajstić information content (AvgIpc) is 1.64. The van der Waals surface area contributed by atoms with Gasteiger partial charge in [0, 0.05) is 0 Å². The van der Waals surface area contributed by atoms with Crippen LogP contribution in [0.15, 0.2) is 0 Å². The molecule has 0 bridgehead atoms. The molecule has 0 aromatic carbocycles. The molecule has 4 heteroatoms. The van der Waals surface area contributed by atoms with E-state index in [1.165, 1.54) is 0 Å². The first-order valence-electron chi connectivity index (χ1n) is 2.52. The summed E-state index contributed by atoms with van der Waals surface area (Å²) in [7, 11) is 0. The first-order chi connectivity index (χ1) is 4.12. The van der Waals surface area contributed by atoms with Gasteiger partial charge in [0.2, 0.25) is 0 Å². The number of ether oxygens (including phenoxy) is 2. The van der Waals surface area contributed by atoms with Crippen LogP contribution >= 0.6 is 45.2 Å². The third-order valence-corrected chi connectivity index (χ3v) is 1.43. The lowest BCUT2D eigenvalue weighted by atomic mass is 10.4. The number of hydrogen-bond acceptors (Lipinski definition) is 2. The monoisotopic (exact) mass is 356 g/mol. The van der Waals surface area contributed by atoms with Gasteiger partial charge in [-0.2, -0.15) is 0 Å². The SMILES string of the molecule is CC(C)(OCI)OCI. The minimum Gasteiger partial charge on any atom is -0.340 e. The zero-order valence-electron chi connectivity index (χ0n) is 5.49. The van der Waals surface area contributed by atoms with Crippen LogP contribution in [0.5, 0.6) is 0 Å². The molecule has 0 amide bonds. The van der Waals surface area contributed by atoms with Crippen molar-refractivity contribution in [3.8, 4) is 0 Å². The van der Waals surface area contributed by atoms with Gasteiger partial charge in [-0.1, -0.05) is 45.2 Å². The van der Waals surface area contributed by atoms with Crippen molar-refractivity contribution in [1.29, 1.82) is 0 Å². The molecule has 0 atom stereocenters. The highest BCUT2D eigenvalue weighted by atomic mass is 127. The van der Waals surface area contributed by atoms with Gasteiger partial charge in [0.05, 0.1) is 0 Å². The normalized spacial score (nSPS) is 12.0. The van der Waals surface area contributed by atoms with Crippen molar-refractivity contribution >= 4 is 45.2 Å². The third kappa shape index (κ3) is 5.81. The van der Waals surface area contributed by atoms with E-state index in [0.29, 0.717) is 9.23 Å². The highest BCUT2D eigenvalue weighted by Gasteiger charge is 2.16. The second kappa shape index (κ2) is 5.09. The summed E-state index contributed by atoms with van der Waals surface area (Å²) in [6, 6.07) is 0. The van der Waals surface area contributed by atoms with Crippen LogP contribution in [0.1, 0.15) is 13.8 Å². The van der Waals surface area contributed by atoms with E-state index in [2.05, 4.69) is 45.2 Å². The minimum absolute atomic E-state index is 0.414. The molecule has 0 rings (SSSR count). The molecule has 0 heterocycles. The fourth-order valence-corrected chi connectivity index (χ4v) is 1.80. The van der Waals surface area contributed by atoms with E-state index < -0.39 is 5.79 Å². The Morgan fingerprint density at radius 2 is 1.44 bits per heavy atom. The van der Waals surface area contributed by atoms with Crippen molar-refractivity contribution in [2.45, 2.75) is 19.6 Å². The van der Waals surface area contributed by atoms with Crippen LogP contribution in [-0.4, -0.2) is 15.0 Å². The van der Waals surface area contributed by atoms with Gasteiger partial charge in [0.25, 0.3) is 0 Å². The second-order valence-corrected chi connectivity index (χ2v) is 3.15. The summed E-state index contributed by atoms with van der Waals surface area (Å²) in [5.74, 6) is -0.414. The molecule has 0 unspecified atom stereocenters. The first-order valence-corrected chi connectivity index (χ1v) is 5.57. The molecule has 0 spiro atoms. The molecule has 0 aliphatic rings. The molecule has 0 radical (unpaired) electrons. The third-order valence-electron chi connectivity index (χ3n) is 0.804. The van der Waals surface area contributed by atoms with Gasteiger partial charge in [-0.25, -0.2) is 0 Å². The summed E-state index contributed by atoms with van der Waals surface area (Å²) in [5.41, 5.74) is 0. The lowest BCUT2D eigenvalue weighted by Gasteiger charge is -2.22.